The number of hydrogen-bond acceptors (Lipinski definition) is 2. The molecule has 4 heteroatoms. The van der Waals surface area contributed by atoms with Crippen LogP contribution in [0.2, 0.25) is 0 Å². The van der Waals surface area contributed by atoms with E-state index in [1.807, 2.05) is 24.3 Å². The number of nitrogens with two attached hydrogens (primary N) is 1. The van der Waals surface area contributed by atoms with Gasteiger partial charge in [0.2, 0.25) is 0 Å². The SMILES string of the molecule is CC(c1ccccc1F)N1CCCc2c(N)cccc21.Cl. The van der Waals surface area contributed by atoms with E-state index in [-0.39, 0.29) is 24.3 Å². The van der Waals surface area contributed by atoms with Gasteiger partial charge in [-0.2, -0.15) is 0 Å². The third-order valence-electron chi connectivity index (χ3n) is 4.15. The molecule has 21 heavy (non-hydrogen) atoms. The molecule has 0 bridgehead atoms. The predicted molar refractivity (Wildman–Crippen MR) is 88.6 cm³/mol. The van der Waals surface area contributed by atoms with E-state index in [2.05, 4.69) is 17.9 Å². The summed E-state index contributed by atoms with van der Waals surface area (Å²) in [6.45, 7) is 2.99. The molecule has 2 aromatic carbocycles. The lowest BCUT2D eigenvalue weighted by atomic mass is 9.96. The Morgan fingerprint density at radius 1 is 1.14 bits per heavy atom. The van der Waals surface area contributed by atoms with Crippen molar-refractivity contribution in [2.75, 3.05) is 17.2 Å². The average molecular weight is 307 g/mol. The molecule has 0 aromatic heterocycles. The van der Waals surface area contributed by atoms with Gasteiger partial charge in [-0.15, -0.1) is 12.4 Å². The molecule has 0 aliphatic carbocycles. The number of halogens is 2. The summed E-state index contributed by atoms with van der Waals surface area (Å²) in [5, 5.41) is 0. The van der Waals surface area contributed by atoms with Gasteiger partial charge in [-0.05, 0) is 43.5 Å². The molecular weight excluding hydrogens is 287 g/mol. The molecular formula is C17H20ClFN2. The van der Waals surface area contributed by atoms with Gasteiger partial charge in [0.1, 0.15) is 5.82 Å². The van der Waals surface area contributed by atoms with Crippen LogP contribution in [-0.4, -0.2) is 6.54 Å². The Labute approximate surface area is 131 Å². The Morgan fingerprint density at radius 2 is 1.90 bits per heavy atom. The lowest BCUT2D eigenvalue weighted by molar-refractivity contribution is 0.559. The Morgan fingerprint density at radius 3 is 2.67 bits per heavy atom. The zero-order valence-electron chi connectivity index (χ0n) is 12.1. The van der Waals surface area contributed by atoms with Gasteiger partial charge in [0.25, 0.3) is 0 Å². The predicted octanol–water partition coefficient (Wildman–Crippen LogP) is 4.34. The van der Waals surface area contributed by atoms with E-state index in [1.54, 1.807) is 6.07 Å². The number of rotatable bonds is 2. The maximum atomic E-state index is 14.0. The summed E-state index contributed by atoms with van der Waals surface area (Å²) in [5.74, 6) is -0.143. The topological polar surface area (TPSA) is 29.3 Å². The summed E-state index contributed by atoms with van der Waals surface area (Å²) >= 11 is 0. The third-order valence-corrected chi connectivity index (χ3v) is 4.15. The van der Waals surface area contributed by atoms with Crippen LogP contribution in [0.1, 0.15) is 30.5 Å². The van der Waals surface area contributed by atoms with Crippen LogP contribution >= 0.6 is 12.4 Å². The number of nitrogens with zero attached hydrogens (tertiary/aromatic N) is 1. The highest BCUT2D eigenvalue weighted by atomic mass is 35.5. The van der Waals surface area contributed by atoms with E-state index >= 15 is 0 Å². The molecule has 1 heterocycles. The molecule has 1 atom stereocenters. The first-order valence-corrected chi connectivity index (χ1v) is 7.07. The zero-order chi connectivity index (χ0) is 14.1. The van der Waals surface area contributed by atoms with E-state index in [4.69, 9.17) is 5.73 Å². The minimum Gasteiger partial charge on any atom is -0.398 e. The van der Waals surface area contributed by atoms with Gasteiger partial charge in [0.05, 0.1) is 6.04 Å². The van der Waals surface area contributed by atoms with Crippen molar-refractivity contribution in [3.63, 3.8) is 0 Å². The summed E-state index contributed by atoms with van der Waals surface area (Å²) in [6, 6.07) is 13.0. The first-order valence-electron chi connectivity index (χ1n) is 7.07. The minimum absolute atomic E-state index is 0. The highest BCUT2D eigenvalue weighted by Crippen LogP contribution is 2.37. The van der Waals surface area contributed by atoms with E-state index in [0.29, 0.717) is 0 Å². The molecule has 0 amide bonds. The quantitative estimate of drug-likeness (QED) is 0.836. The Hall–Kier alpha value is -1.74. The summed E-state index contributed by atoms with van der Waals surface area (Å²) in [4.78, 5) is 2.26. The lowest BCUT2D eigenvalue weighted by Crippen LogP contribution is -2.32. The first-order chi connectivity index (χ1) is 9.68. The normalized spacial score (nSPS) is 15.0. The third kappa shape index (κ3) is 2.84. The second kappa shape index (κ2) is 6.35. The zero-order valence-corrected chi connectivity index (χ0v) is 12.9. The lowest BCUT2D eigenvalue weighted by Gasteiger charge is -2.37. The smallest absolute Gasteiger partial charge is 0.128 e. The van der Waals surface area contributed by atoms with Gasteiger partial charge >= 0.3 is 0 Å². The van der Waals surface area contributed by atoms with Crippen molar-refractivity contribution in [1.82, 2.24) is 0 Å². The van der Waals surface area contributed by atoms with Crippen molar-refractivity contribution in [2.24, 2.45) is 0 Å². The fraction of sp³-hybridized carbons (Fsp3) is 0.294. The maximum Gasteiger partial charge on any atom is 0.128 e. The van der Waals surface area contributed by atoms with Crippen LogP contribution in [0.5, 0.6) is 0 Å². The number of fused-ring (bicyclic) bond motifs is 1. The fourth-order valence-corrected chi connectivity index (χ4v) is 3.06. The summed E-state index contributed by atoms with van der Waals surface area (Å²) in [7, 11) is 0. The van der Waals surface area contributed by atoms with Crippen LogP contribution in [0.25, 0.3) is 0 Å². The minimum atomic E-state index is -0.143. The Bertz CT molecular complexity index is 630. The average Bonchev–Trinajstić information content (AvgIpc) is 2.47. The fourth-order valence-electron chi connectivity index (χ4n) is 3.06. The summed E-state index contributed by atoms with van der Waals surface area (Å²) in [6.07, 6.45) is 2.06. The Kier molecular flexibility index (Phi) is 4.73. The molecule has 2 N–H and O–H groups in total. The second-order valence-electron chi connectivity index (χ2n) is 5.34. The summed E-state index contributed by atoms with van der Waals surface area (Å²) < 4.78 is 14.0. The van der Waals surface area contributed by atoms with E-state index < -0.39 is 0 Å². The molecule has 2 aromatic rings. The molecule has 0 saturated heterocycles. The molecule has 1 unspecified atom stereocenters. The highest BCUT2D eigenvalue weighted by Gasteiger charge is 2.24. The summed E-state index contributed by atoms with van der Waals surface area (Å²) in [5.41, 5.74) is 9.99. The van der Waals surface area contributed by atoms with Crippen LogP contribution < -0.4 is 10.6 Å². The van der Waals surface area contributed by atoms with E-state index in [0.717, 1.165) is 36.3 Å². The molecule has 2 nitrogen and oxygen atoms in total. The molecule has 112 valence electrons. The number of anilines is 2. The number of nitrogen functional groups attached to an aromatic ring is 1. The standard InChI is InChI=1S/C17H19FN2.ClH/c1-12(13-6-2-3-8-15(13)18)20-11-5-7-14-16(19)9-4-10-17(14)20;/h2-4,6,8-10,12H,5,7,11,19H2,1H3;1H. The Balaban J connectivity index is 0.00000161. The van der Waals surface area contributed by atoms with Gasteiger partial charge in [-0.25, -0.2) is 4.39 Å². The molecule has 0 spiro atoms. The van der Waals surface area contributed by atoms with Crippen molar-refractivity contribution in [2.45, 2.75) is 25.8 Å². The van der Waals surface area contributed by atoms with Crippen molar-refractivity contribution < 1.29 is 4.39 Å². The largest absolute Gasteiger partial charge is 0.398 e. The molecule has 1 aliphatic heterocycles. The van der Waals surface area contributed by atoms with Crippen LogP contribution in [-0.2, 0) is 6.42 Å². The van der Waals surface area contributed by atoms with Crippen LogP contribution in [0.15, 0.2) is 42.5 Å². The number of benzene rings is 2. The van der Waals surface area contributed by atoms with Crippen LogP contribution in [0, 0.1) is 5.82 Å². The van der Waals surface area contributed by atoms with Gasteiger partial charge in [0, 0.05) is 23.5 Å². The van der Waals surface area contributed by atoms with Crippen molar-refractivity contribution >= 4 is 23.8 Å². The highest BCUT2D eigenvalue weighted by molar-refractivity contribution is 5.85. The van der Waals surface area contributed by atoms with Gasteiger partial charge in [0.15, 0.2) is 0 Å². The first kappa shape index (κ1) is 15.6. The molecule has 0 radical (unpaired) electrons. The molecule has 1 aliphatic rings. The van der Waals surface area contributed by atoms with Crippen molar-refractivity contribution in [3.8, 4) is 0 Å². The van der Waals surface area contributed by atoms with Gasteiger partial charge in [-0.1, -0.05) is 24.3 Å². The molecule has 0 saturated carbocycles. The number of hydrogen-bond donors (Lipinski definition) is 1. The van der Waals surface area contributed by atoms with Crippen molar-refractivity contribution in [3.05, 3.63) is 59.4 Å². The van der Waals surface area contributed by atoms with Crippen LogP contribution in [0.3, 0.4) is 0 Å². The van der Waals surface area contributed by atoms with Gasteiger partial charge < -0.3 is 10.6 Å². The van der Waals surface area contributed by atoms with E-state index in [9.17, 15) is 4.39 Å². The van der Waals surface area contributed by atoms with E-state index in [1.165, 1.54) is 11.6 Å². The molecule has 3 rings (SSSR count). The second-order valence-corrected chi connectivity index (χ2v) is 5.34. The van der Waals surface area contributed by atoms with Crippen molar-refractivity contribution in [1.29, 1.82) is 0 Å². The van der Waals surface area contributed by atoms with Gasteiger partial charge in [-0.3, -0.25) is 0 Å². The monoisotopic (exact) mass is 306 g/mol. The maximum absolute atomic E-state index is 14.0. The molecule has 0 fully saturated rings. The van der Waals surface area contributed by atoms with Crippen LogP contribution in [0.4, 0.5) is 15.8 Å².